The van der Waals surface area contributed by atoms with Crippen LogP contribution in [0.1, 0.15) is 24.2 Å². The Kier molecular flexibility index (Phi) is 6.15. The summed E-state index contributed by atoms with van der Waals surface area (Å²) in [5.41, 5.74) is 0.474. The van der Waals surface area contributed by atoms with Gasteiger partial charge in [0.05, 0.1) is 17.6 Å². The molecule has 1 fully saturated rings. The van der Waals surface area contributed by atoms with Gasteiger partial charge in [-0.05, 0) is 30.2 Å². The fourth-order valence-corrected chi connectivity index (χ4v) is 3.47. The average Bonchev–Trinajstić information content (AvgIpc) is 2.59. The third kappa shape index (κ3) is 4.43. The molecule has 7 heteroatoms. The molecule has 6 nitrogen and oxygen atoms in total. The van der Waals surface area contributed by atoms with Crippen molar-refractivity contribution < 1.29 is 17.9 Å². The maximum atomic E-state index is 12.6. The third-order valence-corrected chi connectivity index (χ3v) is 5.39. The van der Waals surface area contributed by atoms with Gasteiger partial charge >= 0.3 is 0 Å². The smallest absolute Gasteiger partial charge is 0.254 e. The van der Waals surface area contributed by atoms with Crippen molar-refractivity contribution in [1.82, 2.24) is 9.62 Å². The topological polar surface area (TPSA) is 75.7 Å². The minimum absolute atomic E-state index is 0.0328. The molecule has 2 rings (SSSR count). The van der Waals surface area contributed by atoms with Crippen LogP contribution >= 0.6 is 0 Å². The Hall–Kier alpha value is -1.70. The minimum Gasteiger partial charge on any atom is -0.374 e. The first kappa shape index (κ1) is 18.6. The number of carbonyl (C=O) groups excluding carboxylic acids is 1. The van der Waals surface area contributed by atoms with E-state index in [4.69, 9.17) is 4.74 Å². The number of morpholine rings is 1. The van der Waals surface area contributed by atoms with Gasteiger partial charge in [0, 0.05) is 25.2 Å². The third-order valence-electron chi connectivity index (χ3n) is 3.95. The first-order chi connectivity index (χ1) is 11.3. The highest BCUT2D eigenvalue weighted by molar-refractivity contribution is 7.89. The van der Waals surface area contributed by atoms with E-state index in [2.05, 4.69) is 25.1 Å². The van der Waals surface area contributed by atoms with E-state index in [0.29, 0.717) is 31.2 Å². The molecule has 1 N–H and O–H groups in total. The van der Waals surface area contributed by atoms with Crippen LogP contribution in [0.3, 0.4) is 0 Å². The molecule has 0 unspecified atom stereocenters. The Bertz CT molecular complexity index is 683. The van der Waals surface area contributed by atoms with E-state index >= 15 is 0 Å². The summed E-state index contributed by atoms with van der Waals surface area (Å²) in [7, 11) is -3.58. The molecule has 132 valence electrons. The fourth-order valence-electron chi connectivity index (χ4n) is 2.47. The molecular formula is C17H24N2O4S. The number of amides is 1. The standard InChI is InChI=1S/C17H24N2O4S/c1-4-9-18-24(21,22)15-7-5-14(6-8-15)17(20)19-10-11-23-16(12-19)13(2)3/h4-8,13,16,18H,1,9-12H2,2-3H3/t16-/m1/s1. The zero-order chi connectivity index (χ0) is 17.7. The molecule has 0 bridgehead atoms. The normalized spacial score (nSPS) is 18.6. The maximum Gasteiger partial charge on any atom is 0.254 e. The summed E-state index contributed by atoms with van der Waals surface area (Å²) < 4.78 is 32.1. The largest absolute Gasteiger partial charge is 0.374 e. The van der Waals surface area contributed by atoms with Gasteiger partial charge in [0.25, 0.3) is 5.91 Å². The Labute approximate surface area is 143 Å². The van der Waals surface area contributed by atoms with E-state index in [-0.39, 0.29) is 23.5 Å². The Morgan fingerprint density at radius 2 is 2.08 bits per heavy atom. The number of nitrogens with one attached hydrogen (secondary N) is 1. The lowest BCUT2D eigenvalue weighted by molar-refractivity contribution is -0.0420. The van der Waals surface area contributed by atoms with Gasteiger partial charge in [-0.15, -0.1) is 6.58 Å². The van der Waals surface area contributed by atoms with E-state index in [1.165, 1.54) is 18.2 Å². The highest BCUT2D eigenvalue weighted by Crippen LogP contribution is 2.17. The summed E-state index contributed by atoms with van der Waals surface area (Å²) in [6.45, 7) is 9.38. The van der Waals surface area contributed by atoms with Crippen molar-refractivity contribution in [2.24, 2.45) is 5.92 Å². The van der Waals surface area contributed by atoms with Crippen LogP contribution in [0, 0.1) is 5.92 Å². The number of rotatable bonds is 6. The lowest BCUT2D eigenvalue weighted by Crippen LogP contribution is -2.47. The van der Waals surface area contributed by atoms with Gasteiger partial charge in [0.1, 0.15) is 0 Å². The first-order valence-electron chi connectivity index (χ1n) is 7.96. The van der Waals surface area contributed by atoms with Gasteiger partial charge in [-0.1, -0.05) is 19.9 Å². The quantitative estimate of drug-likeness (QED) is 0.790. The van der Waals surface area contributed by atoms with Crippen LogP contribution in [0.15, 0.2) is 41.8 Å². The number of nitrogens with zero attached hydrogens (tertiary/aromatic N) is 1. The molecule has 1 aromatic carbocycles. The summed E-state index contributed by atoms with van der Waals surface area (Å²) in [5, 5.41) is 0. The number of benzene rings is 1. The number of hydrogen-bond acceptors (Lipinski definition) is 4. The van der Waals surface area contributed by atoms with Gasteiger partial charge in [-0.2, -0.15) is 0 Å². The van der Waals surface area contributed by atoms with Crippen LogP contribution in [0.25, 0.3) is 0 Å². The summed E-state index contributed by atoms with van der Waals surface area (Å²) in [4.78, 5) is 14.5. The Morgan fingerprint density at radius 1 is 1.42 bits per heavy atom. The molecule has 1 aliphatic heterocycles. The van der Waals surface area contributed by atoms with E-state index in [9.17, 15) is 13.2 Å². The van der Waals surface area contributed by atoms with Crippen molar-refractivity contribution in [2.75, 3.05) is 26.2 Å². The number of carbonyl (C=O) groups is 1. The van der Waals surface area contributed by atoms with Crippen LogP contribution in [-0.4, -0.2) is 51.6 Å². The number of sulfonamides is 1. The number of hydrogen-bond donors (Lipinski definition) is 1. The molecule has 24 heavy (non-hydrogen) atoms. The van der Waals surface area contributed by atoms with Crippen LogP contribution < -0.4 is 4.72 Å². The average molecular weight is 352 g/mol. The zero-order valence-electron chi connectivity index (χ0n) is 14.1. The van der Waals surface area contributed by atoms with Crippen molar-refractivity contribution in [1.29, 1.82) is 0 Å². The Morgan fingerprint density at radius 3 is 2.67 bits per heavy atom. The number of ether oxygens (including phenoxy) is 1. The second-order valence-electron chi connectivity index (χ2n) is 6.07. The summed E-state index contributed by atoms with van der Waals surface area (Å²) in [6, 6.07) is 5.98. The molecule has 1 aliphatic rings. The summed E-state index contributed by atoms with van der Waals surface area (Å²) in [5.74, 6) is 0.232. The van der Waals surface area contributed by atoms with Crippen molar-refractivity contribution >= 4 is 15.9 Å². The SMILES string of the molecule is C=CCNS(=O)(=O)c1ccc(C(=O)N2CCO[C@@H](C(C)C)C2)cc1. The highest BCUT2D eigenvalue weighted by atomic mass is 32.2. The maximum absolute atomic E-state index is 12.6. The lowest BCUT2D eigenvalue weighted by Gasteiger charge is -2.35. The molecule has 0 aromatic heterocycles. The van der Waals surface area contributed by atoms with Crippen molar-refractivity contribution in [3.63, 3.8) is 0 Å². The van der Waals surface area contributed by atoms with Crippen molar-refractivity contribution in [2.45, 2.75) is 24.8 Å². The predicted octanol–water partition coefficient (Wildman–Crippen LogP) is 1.65. The van der Waals surface area contributed by atoms with E-state index < -0.39 is 10.0 Å². The molecule has 0 saturated carbocycles. The molecular weight excluding hydrogens is 328 g/mol. The minimum atomic E-state index is -3.58. The van der Waals surface area contributed by atoms with Crippen LogP contribution in [0.5, 0.6) is 0 Å². The lowest BCUT2D eigenvalue weighted by atomic mass is 10.0. The Balaban J connectivity index is 2.10. The molecule has 1 saturated heterocycles. The van der Waals surface area contributed by atoms with Crippen LogP contribution in [0.4, 0.5) is 0 Å². The molecule has 0 spiro atoms. The predicted molar refractivity (Wildman–Crippen MR) is 92.3 cm³/mol. The molecule has 0 radical (unpaired) electrons. The van der Waals surface area contributed by atoms with Crippen molar-refractivity contribution in [3.8, 4) is 0 Å². The zero-order valence-corrected chi connectivity index (χ0v) is 14.9. The van der Waals surface area contributed by atoms with Crippen LogP contribution in [-0.2, 0) is 14.8 Å². The molecule has 1 aromatic rings. The van der Waals surface area contributed by atoms with Crippen molar-refractivity contribution in [3.05, 3.63) is 42.5 Å². The van der Waals surface area contributed by atoms with E-state index in [1.807, 2.05) is 0 Å². The molecule has 0 aliphatic carbocycles. The van der Waals surface area contributed by atoms with Gasteiger partial charge in [-0.3, -0.25) is 4.79 Å². The monoisotopic (exact) mass is 352 g/mol. The van der Waals surface area contributed by atoms with Gasteiger partial charge in [0.2, 0.25) is 10.0 Å². The molecule has 1 heterocycles. The van der Waals surface area contributed by atoms with Gasteiger partial charge in [-0.25, -0.2) is 13.1 Å². The highest BCUT2D eigenvalue weighted by Gasteiger charge is 2.27. The van der Waals surface area contributed by atoms with Gasteiger partial charge in [0.15, 0.2) is 0 Å². The summed E-state index contributed by atoms with van der Waals surface area (Å²) >= 11 is 0. The second kappa shape index (κ2) is 7.92. The van der Waals surface area contributed by atoms with Gasteiger partial charge < -0.3 is 9.64 Å². The first-order valence-corrected chi connectivity index (χ1v) is 9.45. The molecule has 1 atom stereocenters. The molecule has 1 amide bonds. The van der Waals surface area contributed by atoms with Crippen LogP contribution in [0.2, 0.25) is 0 Å². The van der Waals surface area contributed by atoms with E-state index in [0.717, 1.165) is 0 Å². The van der Waals surface area contributed by atoms with E-state index in [1.54, 1.807) is 17.0 Å². The second-order valence-corrected chi connectivity index (χ2v) is 7.84. The summed E-state index contributed by atoms with van der Waals surface area (Å²) in [6.07, 6.45) is 1.50. The fraction of sp³-hybridized carbons (Fsp3) is 0.471.